The molecule has 3 heterocycles. The lowest BCUT2D eigenvalue weighted by Gasteiger charge is -2.33. The van der Waals surface area contributed by atoms with E-state index in [4.69, 9.17) is 4.74 Å². The summed E-state index contributed by atoms with van der Waals surface area (Å²) in [6, 6.07) is 8.77. The van der Waals surface area contributed by atoms with Gasteiger partial charge in [0.05, 0.1) is 24.0 Å². The van der Waals surface area contributed by atoms with E-state index in [1.54, 1.807) is 12.3 Å². The molecule has 1 aliphatic heterocycles. The van der Waals surface area contributed by atoms with Crippen LogP contribution in [0.2, 0.25) is 0 Å². The molecular weight excluding hydrogens is 318 g/mol. The number of aryl methyl sites for hydroxylation is 1. The van der Waals surface area contributed by atoms with Crippen LogP contribution in [0.4, 0.5) is 0 Å². The molecule has 1 aliphatic rings. The van der Waals surface area contributed by atoms with Gasteiger partial charge in [0.15, 0.2) is 0 Å². The first-order chi connectivity index (χ1) is 12.2. The van der Waals surface area contributed by atoms with Gasteiger partial charge in [0.25, 0.3) is 5.91 Å². The van der Waals surface area contributed by atoms with Crippen molar-refractivity contribution in [2.75, 3.05) is 13.1 Å². The molecule has 1 unspecified atom stereocenters. The molecule has 0 aromatic carbocycles. The first-order valence-electron chi connectivity index (χ1n) is 8.70. The number of carbonyl (C=O) groups is 1. The Bertz CT molecular complexity index is 773. The Labute approximate surface area is 146 Å². The summed E-state index contributed by atoms with van der Waals surface area (Å²) in [5.74, 6) is -0.0424. The number of hydrogen-bond acceptors (Lipinski definition) is 4. The average molecular weight is 341 g/mol. The lowest BCUT2D eigenvalue weighted by Crippen LogP contribution is -2.43. The second-order valence-corrected chi connectivity index (χ2v) is 6.22. The van der Waals surface area contributed by atoms with E-state index in [1.807, 2.05) is 30.0 Å². The highest BCUT2D eigenvalue weighted by Gasteiger charge is 2.26. The molecule has 2 aromatic rings. The topological polar surface area (TPSA) is 75.3 Å². The molecule has 0 bridgehead atoms. The molecule has 0 saturated carbocycles. The number of likely N-dealkylation sites (tertiary alicyclic amines) is 1. The minimum atomic E-state index is -0.177. The first-order valence-corrected chi connectivity index (χ1v) is 8.70. The first kappa shape index (κ1) is 17.4. The summed E-state index contributed by atoms with van der Waals surface area (Å²) in [4.78, 5) is 33.1. The van der Waals surface area contributed by atoms with Gasteiger partial charge in [0, 0.05) is 31.0 Å². The van der Waals surface area contributed by atoms with Crippen molar-refractivity contribution in [1.82, 2.24) is 14.9 Å². The predicted molar refractivity (Wildman–Crippen MR) is 94.4 cm³/mol. The van der Waals surface area contributed by atoms with E-state index in [1.165, 1.54) is 6.07 Å². The molecule has 0 radical (unpaired) electrons. The Morgan fingerprint density at radius 2 is 2.24 bits per heavy atom. The number of aromatic nitrogens is 2. The third-order valence-corrected chi connectivity index (χ3v) is 4.44. The van der Waals surface area contributed by atoms with Gasteiger partial charge in [-0.3, -0.25) is 14.6 Å². The summed E-state index contributed by atoms with van der Waals surface area (Å²) < 4.78 is 5.95. The molecule has 1 fully saturated rings. The quantitative estimate of drug-likeness (QED) is 0.904. The standard InChI is InChI=1S/C19H23N3O3/c1-2-17-16(8-9-18(23)21-17)19(24)22-11-5-7-15(12-22)25-13-14-6-3-4-10-20-14/h3-4,6,8-10,15H,2,5,7,11-13H2,1H3,(H,21,23). The summed E-state index contributed by atoms with van der Waals surface area (Å²) in [6.45, 7) is 3.65. The number of piperidine rings is 1. The molecule has 0 aliphatic carbocycles. The molecule has 1 N–H and O–H groups in total. The molecule has 3 rings (SSSR count). The van der Waals surface area contributed by atoms with Crippen molar-refractivity contribution in [2.45, 2.75) is 38.9 Å². The molecule has 1 saturated heterocycles. The zero-order chi connectivity index (χ0) is 17.6. The van der Waals surface area contributed by atoms with Crippen molar-refractivity contribution >= 4 is 5.91 Å². The van der Waals surface area contributed by atoms with Gasteiger partial charge in [0.1, 0.15) is 0 Å². The Kier molecular flexibility index (Phi) is 5.60. The Morgan fingerprint density at radius 3 is 3.00 bits per heavy atom. The zero-order valence-corrected chi connectivity index (χ0v) is 14.4. The highest BCUT2D eigenvalue weighted by Crippen LogP contribution is 2.18. The van der Waals surface area contributed by atoms with Gasteiger partial charge in [-0.05, 0) is 37.5 Å². The number of rotatable bonds is 5. The lowest BCUT2D eigenvalue weighted by molar-refractivity contribution is -0.00789. The summed E-state index contributed by atoms with van der Waals surface area (Å²) in [7, 11) is 0. The monoisotopic (exact) mass is 341 g/mol. The predicted octanol–water partition coefficient (Wildman–Crippen LogP) is 2.15. The Hall–Kier alpha value is -2.47. The summed E-state index contributed by atoms with van der Waals surface area (Å²) in [5, 5.41) is 0. The van der Waals surface area contributed by atoms with Gasteiger partial charge in [-0.25, -0.2) is 0 Å². The van der Waals surface area contributed by atoms with Crippen LogP contribution in [0.15, 0.2) is 41.3 Å². The fourth-order valence-corrected chi connectivity index (χ4v) is 3.11. The number of nitrogens with zero attached hydrogens (tertiary/aromatic N) is 2. The second-order valence-electron chi connectivity index (χ2n) is 6.22. The maximum Gasteiger partial charge on any atom is 0.255 e. The Morgan fingerprint density at radius 1 is 1.36 bits per heavy atom. The number of aromatic amines is 1. The van der Waals surface area contributed by atoms with E-state index < -0.39 is 0 Å². The lowest BCUT2D eigenvalue weighted by atomic mass is 10.1. The van der Waals surface area contributed by atoms with Gasteiger partial charge >= 0.3 is 0 Å². The molecule has 132 valence electrons. The number of nitrogens with one attached hydrogen (secondary N) is 1. The van der Waals surface area contributed by atoms with Crippen LogP contribution in [-0.4, -0.2) is 40.0 Å². The number of pyridine rings is 2. The van der Waals surface area contributed by atoms with Gasteiger partial charge in [-0.2, -0.15) is 0 Å². The van der Waals surface area contributed by atoms with Gasteiger partial charge < -0.3 is 14.6 Å². The molecule has 1 amide bonds. The van der Waals surface area contributed by atoms with E-state index in [0.717, 1.165) is 18.5 Å². The molecule has 25 heavy (non-hydrogen) atoms. The summed E-state index contributed by atoms with van der Waals surface area (Å²) in [5.41, 5.74) is 1.98. The van der Waals surface area contributed by atoms with Gasteiger partial charge in [-0.15, -0.1) is 0 Å². The molecule has 1 atom stereocenters. The SMILES string of the molecule is CCc1[nH]c(=O)ccc1C(=O)N1CCCC(OCc2ccccn2)C1. The Balaban J connectivity index is 1.64. The fourth-order valence-electron chi connectivity index (χ4n) is 3.11. The van der Waals surface area contributed by atoms with Gasteiger partial charge in [-0.1, -0.05) is 13.0 Å². The van der Waals surface area contributed by atoms with Crippen molar-refractivity contribution in [3.05, 3.63) is 63.8 Å². The third-order valence-electron chi connectivity index (χ3n) is 4.44. The molecule has 6 heteroatoms. The molecular formula is C19H23N3O3. The highest BCUT2D eigenvalue weighted by atomic mass is 16.5. The fraction of sp³-hybridized carbons (Fsp3) is 0.421. The van der Waals surface area contributed by atoms with E-state index in [9.17, 15) is 9.59 Å². The van der Waals surface area contributed by atoms with Crippen molar-refractivity contribution < 1.29 is 9.53 Å². The third kappa shape index (κ3) is 4.33. The van der Waals surface area contributed by atoms with Crippen LogP contribution in [0.3, 0.4) is 0 Å². The molecule has 6 nitrogen and oxygen atoms in total. The summed E-state index contributed by atoms with van der Waals surface area (Å²) in [6.07, 6.45) is 4.21. The van der Waals surface area contributed by atoms with E-state index in [2.05, 4.69) is 9.97 Å². The minimum Gasteiger partial charge on any atom is -0.370 e. The normalized spacial score (nSPS) is 17.5. The van der Waals surface area contributed by atoms with Crippen LogP contribution < -0.4 is 5.56 Å². The van der Waals surface area contributed by atoms with Crippen LogP contribution in [0.1, 0.15) is 41.5 Å². The number of ether oxygens (including phenoxy) is 1. The van der Waals surface area contributed by atoms with Crippen LogP contribution >= 0.6 is 0 Å². The van der Waals surface area contributed by atoms with Crippen LogP contribution in [0, 0.1) is 0 Å². The number of hydrogen-bond donors (Lipinski definition) is 1. The molecule has 2 aromatic heterocycles. The van der Waals surface area contributed by atoms with E-state index in [0.29, 0.717) is 37.4 Å². The summed E-state index contributed by atoms with van der Waals surface area (Å²) >= 11 is 0. The maximum atomic E-state index is 12.8. The van der Waals surface area contributed by atoms with Crippen molar-refractivity contribution in [2.24, 2.45) is 0 Å². The van der Waals surface area contributed by atoms with Crippen LogP contribution in [0.5, 0.6) is 0 Å². The van der Waals surface area contributed by atoms with E-state index in [-0.39, 0.29) is 17.6 Å². The minimum absolute atomic E-state index is 0.00699. The smallest absolute Gasteiger partial charge is 0.255 e. The second kappa shape index (κ2) is 8.07. The number of H-pyrrole nitrogens is 1. The van der Waals surface area contributed by atoms with Crippen molar-refractivity contribution in [1.29, 1.82) is 0 Å². The largest absolute Gasteiger partial charge is 0.370 e. The van der Waals surface area contributed by atoms with E-state index >= 15 is 0 Å². The van der Waals surface area contributed by atoms with Crippen LogP contribution in [0.25, 0.3) is 0 Å². The zero-order valence-electron chi connectivity index (χ0n) is 14.4. The highest BCUT2D eigenvalue weighted by molar-refractivity contribution is 5.95. The van der Waals surface area contributed by atoms with Gasteiger partial charge in [0.2, 0.25) is 5.56 Å². The maximum absolute atomic E-state index is 12.8. The molecule has 0 spiro atoms. The number of carbonyl (C=O) groups excluding carboxylic acids is 1. The van der Waals surface area contributed by atoms with Crippen molar-refractivity contribution in [3.8, 4) is 0 Å². The van der Waals surface area contributed by atoms with Crippen LogP contribution in [-0.2, 0) is 17.8 Å². The van der Waals surface area contributed by atoms with Crippen molar-refractivity contribution in [3.63, 3.8) is 0 Å². The number of amides is 1. The average Bonchev–Trinajstić information content (AvgIpc) is 2.67.